The molecule has 2 aromatic rings. The molecule has 0 bridgehead atoms. The van der Waals surface area contributed by atoms with E-state index in [-0.39, 0.29) is 23.0 Å². The van der Waals surface area contributed by atoms with Gasteiger partial charge in [-0.2, -0.15) is 16.1 Å². The van der Waals surface area contributed by atoms with Crippen LogP contribution in [0.25, 0.3) is 0 Å². The molecule has 27 heavy (non-hydrogen) atoms. The maximum absolute atomic E-state index is 12.9. The van der Waals surface area contributed by atoms with Crippen LogP contribution < -0.4 is 10.2 Å². The van der Waals surface area contributed by atoms with Crippen LogP contribution in [0.3, 0.4) is 0 Å². The molecule has 1 atom stereocenters. The lowest BCUT2D eigenvalue weighted by Crippen LogP contribution is -2.53. The second-order valence-electron chi connectivity index (χ2n) is 5.71. The number of halogens is 1. The number of thioether (sulfide) groups is 1. The number of nitrogens with zero attached hydrogens (tertiary/aromatic N) is 1. The lowest BCUT2D eigenvalue weighted by molar-refractivity contribution is -0.132. The second-order valence-corrected chi connectivity index (χ2v) is 8.75. The molecule has 0 radical (unpaired) electrons. The first-order valence-corrected chi connectivity index (χ1v) is 10.6. The van der Waals surface area contributed by atoms with Crippen molar-refractivity contribution in [2.75, 3.05) is 18.1 Å². The number of hydroxylamine groups is 1. The van der Waals surface area contributed by atoms with Crippen molar-refractivity contribution in [3.63, 3.8) is 0 Å². The number of rotatable bonds is 5. The number of nitrogens with one attached hydrogen (secondary N) is 1. The molecule has 0 aliphatic carbocycles. The average molecular weight is 412 g/mol. The summed E-state index contributed by atoms with van der Waals surface area (Å²) in [6, 6.07) is 10.2. The third-order valence-electron chi connectivity index (χ3n) is 3.97. The molecule has 7 nitrogen and oxygen atoms in total. The normalized spacial score (nSPS) is 18.1. The van der Waals surface area contributed by atoms with Crippen molar-refractivity contribution in [1.29, 1.82) is 0 Å². The Morgan fingerprint density at radius 1 is 1.15 bits per heavy atom. The fourth-order valence-electron chi connectivity index (χ4n) is 2.61. The summed E-state index contributed by atoms with van der Waals surface area (Å²) >= 11 is 1.44. The van der Waals surface area contributed by atoms with Gasteiger partial charge in [0.2, 0.25) is 10.0 Å². The third kappa shape index (κ3) is 4.41. The van der Waals surface area contributed by atoms with Crippen LogP contribution in [-0.4, -0.2) is 47.9 Å². The van der Waals surface area contributed by atoms with Gasteiger partial charge in [0.1, 0.15) is 23.4 Å². The quantitative estimate of drug-likeness (QED) is 0.578. The van der Waals surface area contributed by atoms with Gasteiger partial charge in [-0.1, -0.05) is 0 Å². The van der Waals surface area contributed by atoms with E-state index >= 15 is 0 Å². The van der Waals surface area contributed by atoms with Crippen LogP contribution in [0.5, 0.6) is 11.5 Å². The lowest BCUT2D eigenvalue weighted by atomic mass is 10.3. The number of amides is 1. The number of ether oxygens (including phenoxy) is 1. The molecule has 2 aromatic carbocycles. The summed E-state index contributed by atoms with van der Waals surface area (Å²) in [4.78, 5) is 11.8. The Morgan fingerprint density at radius 2 is 1.74 bits per heavy atom. The van der Waals surface area contributed by atoms with Crippen molar-refractivity contribution in [3.8, 4) is 11.5 Å². The Labute approximate surface area is 160 Å². The molecule has 3 rings (SSSR count). The third-order valence-corrected chi connectivity index (χ3v) is 6.92. The molecule has 1 aliphatic rings. The molecule has 1 heterocycles. The molecule has 144 valence electrons. The average Bonchev–Trinajstić information content (AvgIpc) is 2.69. The molecule has 1 fully saturated rings. The number of hydrogen-bond donors (Lipinski definition) is 2. The molecule has 10 heteroatoms. The molecular formula is C17H17FN2O5S2. The van der Waals surface area contributed by atoms with Crippen LogP contribution in [0.15, 0.2) is 53.4 Å². The molecule has 2 N–H and O–H groups in total. The monoisotopic (exact) mass is 412 g/mol. The minimum absolute atomic E-state index is 0.0107. The molecule has 0 spiro atoms. The minimum atomic E-state index is -3.92. The first kappa shape index (κ1) is 19.6. The van der Waals surface area contributed by atoms with E-state index in [0.717, 1.165) is 4.31 Å². The van der Waals surface area contributed by atoms with Gasteiger partial charge in [-0.15, -0.1) is 0 Å². The van der Waals surface area contributed by atoms with E-state index < -0.39 is 22.0 Å². The highest BCUT2D eigenvalue weighted by molar-refractivity contribution is 7.99. The standard InChI is InChI=1S/C17H17FN2O5S2/c18-12-1-3-13(4-2-12)25-14-5-7-15(8-6-14)27(23,24)20-9-10-26-11-16(20)17(21)19-22/h1-8,16,22H,9-11H2,(H,19,21). The second kappa shape index (κ2) is 8.26. The molecule has 1 unspecified atom stereocenters. The smallest absolute Gasteiger partial charge is 0.262 e. The number of benzene rings is 2. The minimum Gasteiger partial charge on any atom is -0.457 e. The largest absolute Gasteiger partial charge is 0.457 e. The van der Waals surface area contributed by atoms with Crippen LogP contribution in [-0.2, 0) is 14.8 Å². The van der Waals surface area contributed by atoms with Crippen LogP contribution in [0.4, 0.5) is 4.39 Å². The van der Waals surface area contributed by atoms with Gasteiger partial charge in [0.25, 0.3) is 5.91 Å². The SMILES string of the molecule is O=C(NO)C1CSCCN1S(=O)(=O)c1ccc(Oc2ccc(F)cc2)cc1. The van der Waals surface area contributed by atoms with Crippen molar-refractivity contribution in [2.24, 2.45) is 0 Å². The maximum Gasteiger partial charge on any atom is 0.262 e. The van der Waals surface area contributed by atoms with Gasteiger partial charge in [0, 0.05) is 18.1 Å². The number of carbonyl (C=O) groups is 1. The number of hydrogen-bond acceptors (Lipinski definition) is 6. The molecule has 1 aliphatic heterocycles. The Morgan fingerprint density at radius 3 is 2.33 bits per heavy atom. The molecule has 1 amide bonds. The van der Waals surface area contributed by atoms with E-state index in [9.17, 15) is 17.6 Å². The summed E-state index contributed by atoms with van der Waals surface area (Å²) in [5.41, 5.74) is 1.52. The fourth-order valence-corrected chi connectivity index (χ4v) is 5.46. The fraction of sp³-hybridized carbons (Fsp3) is 0.235. The maximum atomic E-state index is 12.9. The number of sulfonamides is 1. The van der Waals surface area contributed by atoms with Gasteiger partial charge >= 0.3 is 0 Å². The van der Waals surface area contributed by atoms with Crippen LogP contribution in [0.1, 0.15) is 0 Å². The Bertz CT molecular complexity index is 904. The lowest BCUT2D eigenvalue weighted by Gasteiger charge is -2.32. The zero-order chi connectivity index (χ0) is 19.4. The van der Waals surface area contributed by atoms with E-state index in [1.807, 2.05) is 0 Å². The number of carbonyl (C=O) groups excluding carboxylic acids is 1. The highest BCUT2D eigenvalue weighted by Gasteiger charge is 2.37. The topological polar surface area (TPSA) is 95.9 Å². The zero-order valence-corrected chi connectivity index (χ0v) is 15.7. The predicted octanol–water partition coefficient (Wildman–Crippen LogP) is 2.23. The van der Waals surface area contributed by atoms with Crippen LogP contribution in [0, 0.1) is 5.82 Å². The highest BCUT2D eigenvalue weighted by atomic mass is 32.2. The summed E-state index contributed by atoms with van der Waals surface area (Å²) in [7, 11) is -3.92. The summed E-state index contributed by atoms with van der Waals surface area (Å²) in [5, 5.41) is 8.86. The highest BCUT2D eigenvalue weighted by Crippen LogP contribution is 2.27. The van der Waals surface area contributed by atoms with Crippen molar-refractivity contribution in [3.05, 3.63) is 54.3 Å². The first-order valence-electron chi connectivity index (χ1n) is 7.99. The van der Waals surface area contributed by atoms with E-state index in [0.29, 0.717) is 17.3 Å². The van der Waals surface area contributed by atoms with Crippen LogP contribution in [0.2, 0.25) is 0 Å². The van der Waals surface area contributed by atoms with Crippen molar-refractivity contribution >= 4 is 27.7 Å². The molecular weight excluding hydrogens is 395 g/mol. The Balaban J connectivity index is 1.80. The summed E-state index contributed by atoms with van der Waals surface area (Å²) < 4.78 is 45.4. The predicted molar refractivity (Wildman–Crippen MR) is 97.9 cm³/mol. The summed E-state index contributed by atoms with van der Waals surface area (Å²) in [5.74, 6) is 0.476. The van der Waals surface area contributed by atoms with Crippen molar-refractivity contribution in [1.82, 2.24) is 9.79 Å². The van der Waals surface area contributed by atoms with E-state index in [1.165, 1.54) is 65.8 Å². The van der Waals surface area contributed by atoms with Gasteiger partial charge in [-0.3, -0.25) is 10.0 Å². The van der Waals surface area contributed by atoms with Crippen LogP contribution >= 0.6 is 11.8 Å². The van der Waals surface area contributed by atoms with E-state index in [4.69, 9.17) is 9.94 Å². The summed E-state index contributed by atoms with van der Waals surface area (Å²) in [6.45, 7) is 0.166. The molecule has 1 saturated heterocycles. The molecule has 0 aromatic heterocycles. The molecule has 0 saturated carbocycles. The zero-order valence-electron chi connectivity index (χ0n) is 14.0. The van der Waals surface area contributed by atoms with Gasteiger partial charge in [-0.05, 0) is 48.5 Å². The van der Waals surface area contributed by atoms with Gasteiger partial charge in [-0.25, -0.2) is 18.3 Å². The van der Waals surface area contributed by atoms with Gasteiger partial charge < -0.3 is 4.74 Å². The van der Waals surface area contributed by atoms with Gasteiger partial charge in [0.05, 0.1) is 4.90 Å². The van der Waals surface area contributed by atoms with Crippen molar-refractivity contribution in [2.45, 2.75) is 10.9 Å². The first-order chi connectivity index (χ1) is 12.9. The Hall–Kier alpha value is -2.14. The van der Waals surface area contributed by atoms with Gasteiger partial charge in [0.15, 0.2) is 0 Å². The van der Waals surface area contributed by atoms with E-state index in [1.54, 1.807) is 0 Å². The van der Waals surface area contributed by atoms with E-state index in [2.05, 4.69) is 0 Å². The Kier molecular flexibility index (Phi) is 6.00. The summed E-state index contributed by atoms with van der Waals surface area (Å²) in [6.07, 6.45) is 0. The van der Waals surface area contributed by atoms with Crippen molar-refractivity contribution < 1.29 is 27.5 Å².